The molecule has 3 rings (SSSR count). The second-order valence-electron chi connectivity index (χ2n) is 10.1. The minimum Gasteiger partial charge on any atom is -0.382 e. The molecule has 0 radical (unpaired) electrons. The second-order valence-corrected chi connectivity index (χ2v) is 11.1. The van der Waals surface area contributed by atoms with Crippen molar-refractivity contribution in [2.75, 3.05) is 51.1 Å². The van der Waals surface area contributed by atoms with Crippen molar-refractivity contribution in [3.8, 4) is 0 Å². The van der Waals surface area contributed by atoms with Gasteiger partial charge < -0.3 is 24.6 Å². The van der Waals surface area contributed by atoms with Crippen molar-refractivity contribution in [1.29, 1.82) is 0 Å². The number of thioether (sulfide) groups is 1. The van der Waals surface area contributed by atoms with Gasteiger partial charge in [-0.05, 0) is 32.1 Å². The summed E-state index contributed by atoms with van der Waals surface area (Å²) in [5.41, 5.74) is -1.18. The Morgan fingerprint density at radius 1 is 1.25 bits per heavy atom. The first-order chi connectivity index (χ1) is 21.0. The van der Waals surface area contributed by atoms with E-state index in [2.05, 4.69) is 11.9 Å². The van der Waals surface area contributed by atoms with E-state index in [0.29, 0.717) is 19.1 Å². The number of amidine groups is 1. The molecule has 8 nitrogen and oxygen atoms in total. The van der Waals surface area contributed by atoms with Gasteiger partial charge in [-0.2, -0.15) is 13.2 Å². The molecule has 2 amide bonds. The van der Waals surface area contributed by atoms with Crippen LogP contribution in [-0.2, 0) is 25.2 Å². The van der Waals surface area contributed by atoms with Gasteiger partial charge in [0.05, 0.1) is 43.4 Å². The maximum Gasteiger partial charge on any atom is 0.417 e. The SMILES string of the molecule is C=CC(=O)N1CC(C)N(C2=NC(COCCOC)CSc3c(/C=C/C=C(F)\C=C\F)c(C(F)(F)F)cc2c3NC=O)C[C@H]1C. The average Bonchev–Trinajstić information content (AvgIpc) is 2.97. The number of hydrogen-bond acceptors (Lipinski definition) is 7. The summed E-state index contributed by atoms with van der Waals surface area (Å²) < 4.78 is 80.8. The molecule has 0 spiro atoms. The number of carbonyl (C=O) groups is 2. The summed E-state index contributed by atoms with van der Waals surface area (Å²) in [6, 6.07) is -0.290. The van der Waals surface area contributed by atoms with E-state index in [0.717, 1.165) is 36.1 Å². The van der Waals surface area contributed by atoms with Crippen LogP contribution in [-0.4, -0.2) is 91.9 Å². The van der Waals surface area contributed by atoms with E-state index in [9.17, 15) is 31.5 Å². The highest BCUT2D eigenvalue weighted by molar-refractivity contribution is 7.99. The number of alkyl halides is 3. The fraction of sp³-hybridized carbons (Fsp3) is 0.433. The van der Waals surface area contributed by atoms with Gasteiger partial charge >= 0.3 is 6.18 Å². The summed E-state index contributed by atoms with van der Waals surface area (Å²) in [5.74, 6) is -0.881. The van der Waals surface area contributed by atoms with Gasteiger partial charge in [-0.1, -0.05) is 18.7 Å². The zero-order valence-electron chi connectivity index (χ0n) is 24.6. The molecule has 2 bridgehead atoms. The van der Waals surface area contributed by atoms with Crippen molar-refractivity contribution in [3.05, 3.63) is 65.8 Å². The minimum atomic E-state index is -4.84. The van der Waals surface area contributed by atoms with Gasteiger partial charge in [0.25, 0.3) is 0 Å². The molecule has 240 valence electrons. The second kappa shape index (κ2) is 16.0. The van der Waals surface area contributed by atoms with Gasteiger partial charge in [0.15, 0.2) is 0 Å². The van der Waals surface area contributed by atoms with Crippen LogP contribution in [0.4, 0.5) is 27.6 Å². The van der Waals surface area contributed by atoms with Crippen LogP contribution in [0.15, 0.2) is 59.0 Å². The van der Waals surface area contributed by atoms with E-state index < -0.39 is 23.6 Å². The lowest BCUT2D eigenvalue weighted by molar-refractivity contribution is -0.138. The Morgan fingerprint density at radius 3 is 2.64 bits per heavy atom. The predicted molar refractivity (Wildman–Crippen MR) is 161 cm³/mol. The van der Waals surface area contributed by atoms with Crippen molar-refractivity contribution >= 4 is 41.7 Å². The fourth-order valence-corrected chi connectivity index (χ4v) is 6.11. The largest absolute Gasteiger partial charge is 0.417 e. The highest BCUT2D eigenvalue weighted by Gasteiger charge is 2.40. The van der Waals surface area contributed by atoms with E-state index in [4.69, 9.17) is 14.5 Å². The van der Waals surface area contributed by atoms with E-state index in [1.165, 1.54) is 13.2 Å². The fourth-order valence-electron chi connectivity index (χ4n) is 4.94. The first-order valence-electron chi connectivity index (χ1n) is 13.7. The van der Waals surface area contributed by atoms with Crippen molar-refractivity contribution in [2.45, 2.75) is 43.0 Å². The number of aliphatic imine (C=N–C) groups is 1. The van der Waals surface area contributed by atoms with Crippen LogP contribution in [0.5, 0.6) is 0 Å². The summed E-state index contributed by atoms with van der Waals surface area (Å²) in [7, 11) is 1.53. The van der Waals surface area contributed by atoms with Gasteiger partial charge in [-0.25, -0.2) is 8.78 Å². The first kappa shape index (κ1) is 35.0. The van der Waals surface area contributed by atoms with Gasteiger partial charge in [-0.15, -0.1) is 11.8 Å². The Bertz CT molecular complexity index is 1330. The molecule has 3 atom stereocenters. The van der Waals surface area contributed by atoms with Crippen LogP contribution in [0.25, 0.3) is 6.08 Å². The molecule has 1 saturated heterocycles. The number of nitrogens with one attached hydrogen (secondary N) is 1. The van der Waals surface area contributed by atoms with E-state index >= 15 is 0 Å². The van der Waals surface area contributed by atoms with Gasteiger partial charge in [-0.3, -0.25) is 14.6 Å². The standard InChI is InChI=1S/C30H35F5N4O4S/c1-5-26(41)38-14-20(3)39(15-19(38)2)29-24-13-25(30(33,34)35)23(8-6-7-21(32)9-10-31)28(27(24)36-18-40)44-17-22(37-29)16-43-12-11-42-4/h5-10,13,18-20,22H,1,11-12,14-17H2,2-4H3,(H,36,40)/b8-6+,10-9+,21-7+,37-29?/t19-,20?,22?/m1/s1. The number of nitrogens with zero attached hydrogens (tertiary/aromatic N) is 3. The molecule has 0 aromatic heterocycles. The Hall–Kier alpha value is -3.49. The Kier molecular flexibility index (Phi) is 12.7. The molecule has 1 N–H and O–H groups in total. The molecule has 1 aromatic carbocycles. The molecule has 2 aliphatic rings. The van der Waals surface area contributed by atoms with Crippen LogP contribution in [0, 0.1) is 0 Å². The summed E-state index contributed by atoms with van der Waals surface area (Å²) >= 11 is 1.05. The summed E-state index contributed by atoms with van der Waals surface area (Å²) in [6.45, 7) is 8.46. The first-order valence-corrected chi connectivity index (χ1v) is 14.7. The zero-order chi connectivity index (χ0) is 32.4. The summed E-state index contributed by atoms with van der Waals surface area (Å²) in [6.07, 6.45) is 0.170. The summed E-state index contributed by atoms with van der Waals surface area (Å²) in [5, 5.41) is 2.57. The molecule has 14 heteroatoms. The van der Waals surface area contributed by atoms with Gasteiger partial charge in [0, 0.05) is 60.1 Å². The Labute approximate surface area is 257 Å². The number of anilines is 1. The number of piperazine rings is 1. The van der Waals surface area contributed by atoms with E-state index in [1.807, 2.05) is 18.7 Å². The molecule has 0 aliphatic carbocycles. The summed E-state index contributed by atoms with van der Waals surface area (Å²) in [4.78, 5) is 32.7. The van der Waals surface area contributed by atoms with Crippen LogP contribution in [0.2, 0.25) is 0 Å². The number of allylic oxidation sites excluding steroid dienone is 4. The van der Waals surface area contributed by atoms with Crippen LogP contribution >= 0.6 is 11.8 Å². The third-order valence-corrected chi connectivity index (χ3v) is 8.26. The maximum atomic E-state index is 14.6. The topological polar surface area (TPSA) is 83.5 Å². The lowest BCUT2D eigenvalue weighted by atomic mass is 9.97. The molecule has 2 unspecified atom stereocenters. The number of hydrogen-bond donors (Lipinski definition) is 1. The van der Waals surface area contributed by atoms with E-state index in [1.54, 1.807) is 4.90 Å². The molecular weight excluding hydrogens is 607 g/mol. The highest BCUT2D eigenvalue weighted by atomic mass is 32.2. The number of fused-ring (bicyclic) bond motifs is 2. The number of benzene rings is 1. The molecule has 1 aromatic rings. The number of ether oxygens (including phenoxy) is 2. The predicted octanol–water partition coefficient (Wildman–Crippen LogP) is 5.61. The average molecular weight is 643 g/mol. The molecule has 44 heavy (non-hydrogen) atoms. The minimum absolute atomic E-state index is 0.0281. The Morgan fingerprint density at radius 2 is 2.00 bits per heavy atom. The highest BCUT2D eigenvalue weighted by Crippen LogP contribution is 2.45. The maximum absolute atomic E-state index is 14.6. The van der Waals surface area contributed by atoms with Crippen LogP contribution < -0.4 is 5.32 Å². The number of halogens is 5. The lowest BCUT2D eigenvalue weighted by Crippen LogP contribution is -2.59. The monoisotopic (exact) mass is 642 g/mol. The third-order valence-electron chi connectivity index (χ3n) is 6.99. The normalized spacial score (nSPS) is 21.3. The number of rotatable bonds is 11. The number of amides is 2. The van der Waals surface area contributed by atoms with Crippen molar-refractivity contribution in [1.82, 2.24) is 9.80 Å². The zero-order valence-corrected chi connectivity index (χ0v) is 25.4. The lowest BCUT2D eigenvalue weighted by Gasteiger charge is -2.46. The van der Waals surface area contributed by atoms with Crippen molar-refractivity contribution in [2.24, 2.45) is 4.99 Å². The van der Waals surface area contributed by atoms with Crippen LogP contribution in [0.1, 0.15) is 30.5 Å². The van der Waals surface area contributed by atoms with Crippen LogP contribution in [0.3, 0.4) is 0 Å². The molecule has 2 aliphatic heterocycles. The number of carbonyl (C=O) groups excluding carboxylic acids is 2. The molecule has 1 fully saturated rings. The quantitative estimate of drug-likeness (QED) is 0.111. The Balaban J connectivity index is 2.26. The third kappa shape index (κ3) is 8.57. The van der Waals surface area contributed by atoms with Crippen molar-refractivity contribution in [3.63, 3.8) is 0 Å². The molecular formula is C30H35F5N4O4S. The van der Waals surface area contributed by atoms with Crippen molar-refractivity contribution < 1.29 is 41.0 Å². The molecule has 0 saturated carbocycles. The molecule has 2 heterocycles. The number of methoxy groups -OCH3 is 1. The van der Waals surface area contributed by atoms with E-state index in [-0.39, 0.29) is 83.9 Å². The van der Waals surface area contributed by atoms with Gasteiger partial charge in [0.1, 0.15) is 11.7 Å². The van der Waals surface area contributed by atoms with Gasteiger partial charge in [0.2, 0.25) is 12.3 Å². The smallest absolute Gasteiger partial charge is 0.382 e.